The number of anilines is 2. The van der Waals surface area contributed by atoms with Gasteiger partial charge in [-0.1, -0.05) is 23.2 Å². The molecule has 0 aromatic heterocycles. The summed E-state index contributed by atoms with van der Waals surface area (Å²) >= 11 is 11.9. The van der Waals surface area contributed by atoms with Crippen LogP contribution in [-0.2, 0) is 4.79 Å². The molecule has 0 atom stereocenters. The van der Waals surface area contributed by atoms with E-state index in [-0.39, 0.29) is 5.91 Å². The standard InChI is InChI=1S/C21H25Cl2N3O2/c1-25-10-12-26(13-11-25)18-7-5-17(6-8-18)24-21(27)3-2-14-28-20-9-4-16(22)15-19(20)23/h4-9,15H,2-3,10-14H2,1H3,(H,24,27). The number of hydrogen-bond acceptors (Lipinski definition) is 4. The molecular weight excluding hydrogens is 397 g/mol. The van der Waals surface area contributed by atoms with Gasteiger partial charge in [0.25, 0.3) is 0 Å². The van der Waals surface area contributed by atoms with Crippen molar-refractivity contribution in [2.24, 2.45) is 0 Å². The number of carbonyl (C=O) groups excluding carboxylic acids is 1. The molecular formula is C21H25Cl2N3O2. The minimum Gasteiger partial charge on any atom is -0.492 e. The van der Waals surface area contributed by atoms with Crippen LogP contribution >= 0.6 is 23.2 Å². The van der Waals surface area contributed by atoms with Crippen LogP contribution in [0.15, 0.2) is 42.5 Å². The smallest absolute Gasteiger partial charge is 0.224 e. The largest absolute Gasteiger partial charge is 0.492 e. The number of rotatable bonds is 7. The lowest BCUT2D eigenvalue weighted by atomic mass is 10.2. The Bertz CT molecular complexity index is 791. The molecule has 28 heavy (non-hydrogen) atoms. The van der Waals surface area contributed by atoms with Gasteiger partial charge in [0.2, 0.25) is 5.91 Å². The molecule has 0 radical (unpaired) electrons. The third-order valence-electron chi connectivity index (χ3n) is 4.72. The lowest BCUT2D eigenvalue weighted by Gasteiger charge is -2.34. The van der Waals surface area contributed by atoms with Gasteiger partial charge in [0.15, 0.2) is 0 Å². The summed E-state index contributed by atoms with van der Waals surface area (Å²) in [6.45, 7) is 4.61. The van der Waals surface area contributed by atoms with Crippen LogP contribution < -0.4 is 15.0 Å². The second-order valence-electron chi connectivity index (χ2n) is 6.91. The maximum atomic E-state index is 12.1. The molecule has 1 heterocycles. The molecule has 0 aliphatic carbocycles. The highest BCUT2D eigenvalue weighted by Gasteiger charge is 2.14. The van der Waals surface area contributed by atoms with E-state index in [4.69, 9.17) is 27.9 Å². The topological polar surface area (TPSA) is 44.8 Å². The summed E-state index contributed by atoms with van der Waals surface area (Å²) in [5.41, 5.74) is 2.00. The predicted octanol–water partition coefficient (Wildman–Crippen LogP) is 4.54. The first-order valence-electron chi connectivity index (χ1n) is 9.42. The molecule has 2 aromatic rings. The van der Waals surface area contributed by atoms with Crippen LogP contribution in [0.1, 0.15) is 12.8 Å². The SMILES string of the molecule is CN1CCN(c2ccc(NC(=O)CCCOc3ccc(Cl)cc3Cl)cc2)CC1. The fourth-order valence-electron chi connectivity index (χ4n) is 3.05. The number of likely N-dealkylation sites (N-methyl/N-ethyl adjacent to an activating group) is 1. The van der Waals surface area contributed by atoms with Gasteiger partial charge < -0.3 is 19.9 Å². The average Bonchev–Trinajstić information content (AvgIpc) is 2.68. The van der Waals surface area contributed by atoms with E-state index in [0.717, 1.165) is 31.9 Å². The van der Waals surface area contributed by atoms with E-state index >= 15 is 0 Å². The summed E-state index contributed by atoms with van der Waals surface area (Å²) in [6.07, 6.45) is 0.982. The highest BCUT2D eigenvalue weighted by atomic mass is 35.5. The second-order valence-corrected chi connectivity index (χ2v) is 7.76. The van der Waals surface area contributed by atoms with Crippen LogP contribution in [0.4, 0.5) is 11.4 Å². The van der Waals surface area contributed by atoms with Crippen molar-refractivity contribution in [2.75, 3.05) is 50.1 Å². The van der Waals surface area contributed by atoms with E-state index in [2.05, 4.69) is 34.3 Å². The zero-order chi connectivity index (χ0) is 19.9. The lowest BCUT2D eigenvalue weighted by molar-refractivity contribution is -0.116. The van der Waals surface area contributed by atoms with Gasteiger partial charge in [-0.05, 0) is 55.9 Å². The van der Waals surface area contributed by atoms with Crippen LogP contribution in [0.5, 0.6) is 5.75 Å². The summed E-state index contributed by atoms with van der Waals surface area (Å²) in [5, 5.41) is 3.97. The van der Waals surface area contributed by atoms with Gasteiger partial charge in [0, 0.05) is 49.0 Å². The Kier molecular flexibility index (Phi) is 7.43. The fraction of sp³-hybridized carbons (Fsp3) is 0.381. The molecule has 7 heteroatoms. The number of halogens is 2. The minimum absolute atomic E-state index is 0.0295. The predicted molar refractivity (Wildman–Crippen MR) is 116 cm³/mol. The molecule has 0 unspecified atom stereocenters. The van der Waals surface area contributed by atoms with E-state index in [1.54, 1.807) is 18.2 Å². The van der Waals surface area contributed by atoms with Gasteiger partial charge in [0.05, 0.1) is 11.6 Å². The van der Waals surface area contributed by atoms with Crippen molar-refractivity contribution in [3.05, 3.63) is 52.5 Å². The molecule has 2 aromatic carbocycles. The van der Waals surface area contributed by atoms with Gasteiger partial charge in [-0.3, -0.25) is 4.79 Å². The summed E-state index contributed by atoms with van der Waals surface area (Å²) in [7, 11) is 2.14. The van der Waals surface area contributed by atoms with Crippen LogP contribution in [0.2, 0.25) is 10.0 Å². The van der Waals surface area contributed by atoms with E-state index < -0.39 is 0 Å². The Morgan fingerprint density at radius 1 is 1.07 bits per heavy atom. The van der Waals surface area contributed by atoms with Crippen molar-refractivity contribution in [3.8, 4) is 5.75 Å². The number of hydrogen-bond donors (Lipinski definition) is 1. The number of nitrogens with one attached hydrogen (secondary N) is 1. The first kappa shape index (κ1) is 20.8. The van der Waals surface area contributed by atoms with Crippen molar-refractivity contribution >= 4 is 40.5 Å². The van der Waals surface area contributed by atoms with Gasteiger partial charge in [-0.15, -0.1) is 0 Å². The summed E-state index contributed by atoms with van der Waals surface area (Å²) in [5.74, 6) is 0.545. The second kappa shape index (κ2) is 10.0. The van der Waals surface area contributed by atoms with Crippen LogP contribution in [-0.4, -0.2) is 50.6 Å². The molecule has 5 nitrogen and oxygen atoms in total. The van der Waals surface area contributed by atoms with Gasteiger partial charge in [0.1, 0.15) is 5.75 Å². The zero-order valence-electron chi connectivity index (χ0n) is 16.0. The van der Waals surface area contributed by atoms with Crippen molar-refractivity contribution in [3.63, 3.8) is 0 Å². The number of amides is 1. The number of piperazine rings is 1. The maximum absolute atomic E-state index is 12.1. The lowest BCUT2D eigenvalue weighted by Crippen LogP contribution is -2.44. The molecule has 150 valence electrons. The van der Waals surface area contributed by atoms with E-state index in [9.17, 15) is 4.79 Å². The van der Waals surface area contributed by atoms with Gasteiger partial charge in [-0.2, -0.15) is 0 Å². The molecule has 0 bridgehead atoms. The molecule has 1 aliphatic heterocycles. The molecule has 1 aliphatic rings. The third-order valence-corrected chi connectivity index (χ3v) is 5.25. The van der Waals surface area contributed by atoms with E-state index in [1.807, 2.05) is 12.1 Å². The number of carbonyl (C=O) groups is 1. The number of ether oxygens (including phenoxy) is 1. The molecule has 1 saturated heterocycles. The highest BCUT2D eigenvalue weighted by Crippen LogP contribution is 2.27. The first-order valence-corrected chi connectivity index (χ1v) is 10.2. The average molecular weight is 422 g/mol. The van der Waals surface area contributed by atoms with E-state index in [1.165, 1.54) is 5.69 Å². The van der Waals surface area contributed by atoms with Crippen LogP contribution in [0.3, 0.4) is 0 Å². The molecule has 0 saturated carbocycles. The third kappa shape index (κ3) is 6.03. The van der Waals surface area contributed by atoms with Crippen molar-refractivity contribution < 1.29 is 9.53 Å². The molecule has 3 rings (SSSR count). The quantitative estimate of drug-likeness (QED) is 0.666. The Labute approximate surface area is 176 Å². The van der Waals surface area contributed by atoms with Crippen LogP contribution in [0.25, 0.3) is 0 Å². The normalized spacial score (nSPS) is 14.8. The van der Waals surface area contributed by atoms with E-state index in [0.29, 0.717) is 35.2 Å². The van der Waals surface area contributed by atoms with Crippen LogP contribution in [0, 0.1) is 0 Å². The zero-order valence-corrected chi connectivity index (χ0v) is 17.5. The molecule has 1 fully saturated rings. The Morgan fingerprint density at radius 2 is 1.79 bits per heavy atom. The fourth-order valence-corrected chi connectivity index (χ4v) is 3.51. The minimum atomic E-state index is -0.0295. The number of nitrogens with zero attached hydrogens (tertiary/aromatic N) is 2. The Hall–Kier alpha value is -1.95. The van der Waals surface area contributed by atoms with Crippen molar-refractivity contribution in [2.45, 2.75) is 12.8 Å². The van der Waals surface area contributed by atoms with Gasteiger partial charge in [-0.25, -0.2) is 0 Å². The molecule has 1 amide bonds. The maximum Gasteiger partial charge on any atom is 0.224 e. The summed E-state index contributed by atoms with van der Waals surface area (Å²) in [4.78, 5) is 16.8. The Balaban J connectivity index is 1.39. The van der Waals surface area contributed by atoms with Crippen molar-refractivity contribution in [1.82, 2.24) is 4.90 Å². The summed E-state index contributed by atoms with van der Waals surface area (Å²) in [6, 6.07) is 13.1. The summed E-state index contributed by atoms with van der Waals surface area (Å²) < 4.78 is 5.60. The first-order chi connectivity index (χ1) is 13.5. The molecule has 0 spiro atoms. The molecule has 1 N–H and O–H groups in total. The highest BCUT2D eigenvalue weighted by molar-refractivity contribution is 6.35. The van der Waals surface area contributed by atoms with Gasteiger partial charge >= 0.3 is 0 Å². The monoisotopic (exact) mass is 421 g/mol. The Morgan fingerprint density at radius 3 is 2.46 bits per heavy atom. The number of benzene rings is 2. The van der Waals surface area contributed by atoms with Crippen molar-refractivity contribution in [1.29, 1.82) is 0 Å².